The third-order valence-electron chi connectivity index (χ3n) is 3.16. The Kier molecular flexibility index (Phi) is 6.40. The summed E-state index contributed by atoms with van der Waals surface area (Å²) >= 11 is 3.62. The van der Waals surface area contributed by atoms with Gasteiger partial charge in [0, 0.05) is 17.9 Å². The summed E-state index contributed by atoms with van der Waals surface area (Å²) in [6, 6.07) is 11.5. The molecule has 0 spiro atoms. The van der Waals surface area contributed by atoms with Crippen LogP contribution in [0.4, 0.5) is 0 Å². The number of hydrogen-bond acceptors (Lipinski definition) is 1. The van der Waals surface area contributed by atoms with Gasteiger partial charge in [0.15, 0.2) is 0 Å². The van der Waals surface area contributed by atoms with Crippen molar-refractivity contribution in [3.63, 3.8) is 0 Å². The number of alkyl halides is 1. The molecule has 0 N–H and O–H groups in total. The summed E-state index contributed by atoms with van der Waals surface area (Å²) < 4.78 is 0. The van der Waals surface area contributed by atoms with Gasteiger partial charge in [-0.2, -0.15) is 0 Å². The van der Waals surface area contributed by atoms with Gasteiger partial charge in [0.2, 0.25) is 0 Å². The smallest absolute Gasteiger partial charge is 0.0237 e. The maximum atomic E-state index is 3.62. The number of hydrogen-bond donors (Lipinski definition) is 0. The molecule has 90 valence electrons. The molecule has 1 aromatic rings. The normalized spacial score (nSPS) is 21.4. The largest absolute Gasteiger partial charge is 0.295 e. The van der Waals surface area contributed by atoms with Crippen molar-refractivity contribution in [2.75, 3.05) is 11.9 Å². The van der Waals surface area contributed by atoms with Crippen LogP contribution in [0.5, 0.6) is 0 Å². The van der Waals surface area contributed by atoms with Gasteiger partial charge in [-0.15, -0.1) is 12.4 Å². The summed E-state index contributed by atoms with van der Waals surface area (Å²) in [5, 5.41) is 1.11. The highest BCUT2D eigenvalue weighted by atomic mass is 79.9. The fraction of sp³-hybridized carbons (Fsp3) is 0.538. The predicted molar refractivity (Wildman–Crippen MR) is 75.5 cm³/mol. The Morgan fingerprint density at radius 1 is 1.19 bits per heavy atom. The summed E-state index contributed by atoms with van der Waals surface area (Å²) in [7, 11) is 0. The molecule has 16 heavy (non-hydrogen) atoms. The number of rotatable bonds is 3. The van der Waals surface area contributed by atoms with Gasteiger partial charge in [-0.25, -0.2) is 0 Å². The average Bonchev–Trinajstić information content (AvgIpc) is 2.31. The van der Waals surface area contributed by atoms with Crippen LogP contribution in [0.25, 0.3) is 0 Å². The molecule has 1 aromatic carbocycles. The maximum Gasteiger partial charge on any atom is 0.0237 e. The van der Waals surface area contributed by atoms with Crippen LogP contribution in [0.2, 0.25) is 0 Å². The SMILES string of the molecule is BrCC1CCCCN1Cc1ccccc1.Cl. The van der Waals surface area contributed by atoms with E-state index in [0.29, 0.717) is 0 Å². The molecule has 0 aromatic heterocycles. The van der Waals surface area contributed by atoms with Crippen molar-refractivity contribution >= 4 is 28.3 Å². The van der Waals surface area contributed by atoms with E-state index in [1.165, 1.54) is 31.4 Å². The summed E-state index contributed by atoms with van der Waals surface area (Å²) in [6.45, 7) is 2.36. The third kappa shape index (κ3) is 3.76. The molecule has 0 aliphatic carbocycles. The second-order valence-corrected chi connectivity index (χ2v) is 4.91. The minimum atomic E-state index is 0. The highest BCUT2D eigenvalue weighted by Gasteiger charge is 2.20. The van der Waals surface area contributed by atoms with Crippen molar-refractivity contribution in [2.45, 2.75) is 31.8 Å². The highest BCUT2D eigenvalue weighted by Crippen LogP contribution is 2.20. The molecule has 1 unspecified atom stereocenters. The molecule has 1 saturated heterocycles. The summed E-state index contributed by atoms with van der Waals surface area (Å²) in [6.07, 6.45) is 4.09. The minimum Gasteiger partial charge on any atom is -0.295 e. The van der Waals surface area contributed by atoms with E-state index in [2.05, 4.69) is 51.2 Å². The van der Waals surface area contributed by atoms with E-state index < -0.39 is 0 Å². The van der Waals surface area contributed by atoms with Gasteiger partial charge in [-0.05, 0) is 24.9 Å². The van der Waals surface area contributed by atoms with E-state index in [1.807, 2.05) is 0 Å². The zero-order valence-corrected chi connectivity index (χ0v) is 11.8. The van der Waals surface area contributed by atoms with Crippen LogP contribution in [0.15, 0.2) is 30.3 Å². The molecule has 1 aliphatic heterocycles. The quantitative estimate of drug-likeness (QED) is 0.767. The van der Waals surface area contributed by atoms with E-state index in [-0.39, 0.29) is 12.4 Å². The first-order valence-electron chi connectivity index (χ1n) is 5.74. The molecular weight excluding hydrogens is 286 g/mol. The van der Waals surface area contributed by atoms with E-state index in [1.54, 1.807) is 0 Å². The Balaban J connectivity index is 0.00000128. The topological polar surface area (TPSA) is 3.24 Å². The fourth-order valence-electron chi connectivity index (χ4n) is 2.26. The van der Waals surface area contributed by atoms with E-state index in [0.717, 1.165) is 17.9 Å². The van der Waals surface area contributed by atoms with E-state index in [4.69, 9.17) is 0 Å². The van der Waals surface area contributed by atoms with Crippen molar-refractivity contribution in [1.29, 1.82) is 0 Å². The molecule has 2 rings (SSSR count). The molecule has 0 saturated carbocycles. The molecule has 0 amide bonds. The van der Waals surface area contributed by atoms with Crippen LogP contribution in [0.3, 0.4) is 0 Å². The Morgan fingerprint density at radius 3 is 2.62 bits per heavy atom. The lowest BCUT2D eigenvalue weighted by Gasteiger charge is -2.34. The summed E-state index contributed by atoms with van der Waals surface area (Å²) in [5.41, 5.74) is 1.44. The lowest BCUT2D eigenvalue weighted by molar-refractivity contribution is 0.156. The molecule has 1 nitrogen and oxygen atoms in total. The molecule has 0 bridgehead atoms. The lowest BCUT2D eigenvalue weighted by Crippen LogP contribution is -2.39. The number of benzene rings is 1. The highest BCUT2D eigenvalue weighted by molar-refractivity contribution is 9.09. The first kappa shape index (κ1) is 14.0. The second-order valence-electron chi connectivity index (χ2n) is 4.26. The zero-order valence-electron chi connectivity index (χ0n) is 9.44. The van der Waals surface area contributed by atoms with E-state index >= 15 is 0 Å². The molecule has 0 radical (unpaired) electrons. The number of nitrogens with zero attached hydrogens (tertiary/aromatic N) is 1. The van der Waals surface area contributed by atoms with Crippen molar-refractivity contribution in [2.24, 2.45) is 0 Å². The van der Waals surface area contributed by atoms with Crippen LogP contribution in [-0.2, 0) is 6.54 Å². The van der Waals surface area contributed by atoms with Crippen LogP contribution < -0.4 is 0 Å². The standard InChI is InChI=1S/C13H18BrN.ClH/c14-10-13-8-4-5-9-15(13)11-12-6-2-1-3-7-12;/h1-3,6-7,13H,4-5,8-11H2;1H. The Labute approximate surface area is 113 Å². The van der Waals surface area contributed by atoms with Gasteiger partial charge >= 0.3 is 0 Å². The summed E-state index contributed by atoms with van der Waals surface area (Å²) in [4.78, 5) is 2.60. The first-order chi connectivity index (χ1) is 7.40. The van der Waals surface area contributed by atoms with Crippen molar-refractivity contribution < 1.29 is 0 Å². The van der Waals surface area contributed by atoms with Gasteiger partial charge in [0.05, 0.1) is 0 Å². The van der Waals surface area contributed by atoms with Gasteiger partial charge < -0.3 is 0 Å². The first-order valence-corrected chi connectivity index (χ1v) is 6.86. The van der Waals surface area contributed by atoms with Crippen molar-refractivity contribution in [1.82, 2.24) is 4.90 Å². The van der Waals surface area contributed by atoms with Crippen LogP contribution >= 0.6 is 28.3 Å². The van der Waals surface area contributed by atoms with Crippen LogP contribution in [0.1, 0.15) is 24.8 Å². The molecule has 1 heterocycles. The Hall–Kier alpha value is -0.0500. The zero-order chi connectivity index (χ0) is 10.5. The van der Waals surface area contributed by atoms with Crippen LogP contribution in [-0.4, -0.2) is 22.8 Å². The Morgan fingerprint density at radius 2 is 1.94 bits per heavy atom. The van der Waals surface area contributed by atoms with Crippen molar-refractivity contribution in [3.8, 4) is 0 Å². The molecule has 1 fully saturated rings. The van der Waals surface area contributed by atoms with Crippen molar-refractivity contribution in [3.05, 3.63) is 35.9 Å². The number of piperidine rings is 1. The fourth-order valence-corrected chi connectivity index (χ4v) is 2.99. The van der Waals surface area contributed by atoms with Gasteiger partial charge in [-0.1, -0.05) is 52.7 Å². The number of likely N-dealkylation sites (tertiary alicyclic amines) is 1. The minimum absolute atomic E-state index is 0. The molecule has 3 heteroatoms. The predicted octanol–water partition coefficient (Wildman–Crippen LogP) is 3.86. The molecule has 1 aliphatic rings. The van der Waals surface area contributed by atoms with Gasteiger partial charge in [-0.3, -0.25) is 4.90 Å². The van der Waals surface area contributed by atoms with E-state index in [9.17, 15) is 0 Å². The van der Waals surface area contributed by atoms with Gasteiger partial charge in [0.25, 0.3) is 0 Å². The maximum absolute atomic E-state index is 3.62. The monoisotopic (exact) mass is 303 g/mol. The van der Waals surface area contributed by atoms with Gasteiger partial charge in [0.1, 0.15) is 0 Å². The third-order valence-corrected chi connectivity index (χ3v) is 3.90. The summed E-state index contributed by atoms with van der Waals surface area (Å²) in [5.74, 6) is 0. The van der Waals surface area contributed by atoms with Crippen LogP contribution in [0, 0.1) is 0 Å². The Bertz CT molecular complexity index is 291. The number of halogens is 2. The lowest BCUT2D eigenvalue weighted by atomic mass is 10.0. The average molecular weight is 305 g/mol. The molecule has 1 atom stereocenters. The molecular formula is C13H19BrClN. The second kappa shape index (κ2) is 7.31.